The Morgan fingerprint density at radius 1 is 1.38 bits per heavy atom. The summed E-state index contributed by atoms with van der Waals surface area (Å²) in [6, 6.07) is 10.7. The van der Waals surface area contributed by atoms with Crippen LogP contribution >= 0.6 is 0 Å². The monoisotopic (exact) mass is 221 g/mol. The van der Waals surface area contributed by atoms with Crippen molar-refractivity contribution in [1.82, 2.24) is 4.90 Å². The first-order valence-corrected chi connectivity index (χ1v) is 5.81. The first-order valence-electron chi connectivity index (χ1n) is 5.81. The summed E-state index contributed by atoms with van der Waals surface area (Å²) in [5.74, 6) is 0. The molecular formula is C13H19NO2. The number of ether oxygens (including phenoxy) is 1. The molecule has 3 nitrogen and oxygen atoms in total. The summed E-state index contributed by atoms with van der Waals surface area (Å²) in [6.45, 7) is 4.80. The summed E-state index contributed by atoms with van der Waals surface area (Å²) in [5.41, 5.74) is 1.31. The maximum atomic E-state index is 9.19. The number of aliphatic hydroxyl groups excluding tert-OH is 1. The van der Waals surface area contributed by atoms with Gasteiger partial charge in [-0.2, -0.15) is 0 Å². The van der Waals surface area contributed by atoms with Crippen LogP contribution in [0.2, 0.25) is 0 Å². The summed E-state index contributed by atoms with van der Waals surface area (Å²) in [6.07, 6.45) is -0.0440. The number of hydrogen-bond acceptors (Lipinski definition) is 3. The van der Waals surface area contributed by atoms with Crippen molar-refractivity contribution in [3.05, 3.63) is 35.9 Å². The van der Waals surface area contributed by atoms with Gasteiger partial charge in [0.2, 0.25) is 0 Å². The lowest BCUT2D eigenvalue weighted by atomic mass is 10.1. The van der Waals surface area contributed by atoms with Crippen LogP contribution in [0.1, 0.15) is 12.5 Å². The normalized spacial score (nSPS) is 26.9. The number of morpholine rings is 1. The Kier molecular flexibility index (Phi) is 3.93. The van der Waals surface area contributed by atoms with E-state index in [1.165, 1.54) is 5.56 Å². The van der Waals surface area contributed by atoms with Crippen LogP contribution in [0.25, 0.3) is 0 Å². The number of hydrogen-bond donors (Lipinski definition) is 1. The Morgan fingerprint density at radius 2 is 2.12 bits per heavy atom. The van der Waals surface area contributed by atoms with Crippen LogP contribution in [0.3, 0.4) is 0 Å². The molecule has 88 valence electrons. The molecule has 0 amide bonds. The Morgan fingerprint density at radius 3 is 2.81 bits per heavy atom. The van der Waals surface area contributed by atoms with Crippen LogP contribution in [0.15, 0.2) is 30.3 Å². The minimum Gasteiger partial charge on any atom is -0.394 e. The Hall–Kier alpha value is -0.900. The molecule has 16 heavy (non-hydrogen) atoms. The third-order valence-electron chi connectivity index (χ3n) is 3.23. The first kappa shape index (κ1) is 11.6. The number of nitrogens with zero attached hydrogens (tertiary/aromatic N) is 1. The lowest BCUT2D eigenvalue weighted by Crippen LogP contribution is -2.50. The van der Waals surface area contributed by atoms with Gasteiger partial charge in [-0.05, 0) is 12.5 Å². The fourth-order valence-corrected chi connectivity index (χ4v) is 2.15. The molecule has 1 N–H and O–H groups in total. The predicted octanol–water partition coefficient (Wildman–Crippen LogP) is 1.27. The van der Waals surface area contributed by atoms with E-state index >= 15 is 0 Å². The quantitative estimate of drug-likeness (QED) is 0.834. The molecule has 0 aromatic heterocycles. The number of benzene rings is 1. The van der Waals surface area contributed by atoms with Crippen molar-refractivity contribution in [3.8, 4) is 0 Å². The van der Waals surface area contributed by atoms with Gasteiger partial charge in [0.25, 0.3) is 0 Å². The average Bonchev–Trinajstić information content (AvgIpc) is 2.33. The zero-order valence-corrected chi connectivity index (χ0v) is 9.67. The van der Waals surface area contributed by atoms with Crippen LogP contribution in [0.4, 0.5) is 0 Å². The Bertz CT molecular complexity index is 315. The largest absolute Gasteiger partial charge is 0.394 e. The van der Waals surface area contributed by atoms with Crippen molar-refractivity contribution in [2.24, 2.45) is 0 Å². The highest BCUT2D eigenvalue weighted by Gasteiger charge is 2.27. The molecule has 1 fully saturated rings. The third kappa shape index (κ3) is 2.61. The van der Waals surface area contributed by atoms with Crippen LogP contribution in [-0.2, 0) is 11.3 Å². The first-order chi connectivity index (χ1) is 7.81. The highest BCUT2D eigenvalue weighted by Crippen LogP contribution is 2.16. The van der Waals surface area contributed by atoms with E-state index < -0.39 is 0 Å². The molecule has 3 heteroatoms. The lowest BCUT2D eigenvalue weighted by molar-refractivity contribution is -0.0883. The van der Waals surface area contributed by atoms with Crippen LogP contribution in [0.5, 0.6) is 0 Å². The number of aliphatic hydroxyl groups is 1. The molecule has 1 aliphatic rings. The third-order valence-corrected chi connectivity index (χ3v) is 3.23. The second-order valence-corrected chi connectivity index (χ2v) is 4.29. The maximum Gasteiger partial charge on any atom is 0.0958 e. The van der Waals surface area contributed by atoms with Crippen molar-refractivity contribution in [1.29, 1.82) is 0 Å². The van der Waals surface area contributed by atoms with Crippen LogP contribution in [0, 0.1) is 0 Å². The van der Waals surface area contributed by atoms with Gasteiger partial charge in [-0.1, -0.05) is 30.3 Å². The van der Waals surface area contributed by atoms with Crippen molar-refractivity contribution in [2.45, 2.75) is 25.6 Å². The lowest BCUT2D eigenvalue weighted by Gasteiger charge is -2.38. The van der Waals surface area contributed by atoms with E-state index in [0.29, 0.717) is 6.61 Å². The van der Waals surface area contributed by atoms with Gasteiger partial charge in [-0.3, -0.25) is 4.90 Å². The molecule has 0 spiro atoms. The molecule has 2 unspecified atom stereocenters. The summed E-state index contributed by atoms with van der Waals surface area (Å²) in [5, 5.41) is 9.19. The molecule has 2 rings (SSSR count). The molecule has 2 atom stereocenters. The molecule has 1 aliphatic heterocycles. The molecule has 0 aliphatic carbocycles. The topological polar surface area (TPSA) is 32.7 Å². The summed E-state index contributed by atoms with van der Waals surface area (Å²) in [4.78, 5) is 2.36. The van der Waals surface area contributed by atoms with E-state index in [1.807, 2.05) is 6.07 Å². The molecular weight excluding hydrogens is 202 g/mol. The summed E-state index contributed by atoms with van der Waals surface area (Å²) in [7, 11) is 0. The molecule has 1 aromatic rings. The van der Waals surface area contributed by atoms with E-state index in [9.17, 15) is 5.11 Å². The SMILES string of the molecule is CC1C(CO)OCCN1Cc1ccccc1. The molecule has 1 heterocycles. The van der Waals surface area contributed by atoms with E-state index in [-0.39, 0.29) is 18.8 Å². The van der Waals surface area contributed by atoms with Gasteiger partial charge in [0, 0.05) is 19.1 Å². The molecule has 0 radical (unpaired) electrons. The van der Waals surface area contributed by atoms with Gasteiger partial charge >= 0.3 is 0 Å². The zero-order valence-electron chi connectivity index (χ0n) is 9.67. The smallest absolute Gasteiger partial charge is 0.0958 e. The Balaban J connectivity index is 1.99. The van der Waals surface area contributed by atoms with E-state index in [2.05, 4.69) is 36.1 Å². The standard InChI is InChI=1S/C13H19NO2/c1-11-13(10-15)16-8-7-14(11)9-12-5-3-2-4-6-12/h2-6,11,13,15H,7-10H2,1H3. The second-order valence-electron chi connectivity index (χ2n) is 4.29. The van der Waals surface area contributed by atoms with Crippen LogP contribution in [-0.4, -0.2) is 41.9 Å². The highest BCUT2D eigenvalue weighted by molar-refractivity contribution is 5.14. The molecule has 0 bridgehead atoms. The van der Waals surface area contributed by atoms with Gasteiger partial charge in [-0.25, -0.2) is 0 Å². The van der Waals surface area contributed by atoms with E-state index in [1.54, 1.807) is 0 Å². The second kappa shape index (κ2) is 5.43. The minimum atomic E-state index is -0.0440. The highest BCUT2D eigenvalue weighted by atomic mass is 16.5. The van der Waals surface area contributed by atoms with Crippen molar-refractivity contribution in [2.75, 3.05) is 19.8 Å². The van der Waals surface area contributed by atoms with Crippen molar-refractivity contribution < 1.29 is 9.84 Å². The maximum absolute atomic E-state index is 9.19. The zero-order chi connectivity index (χ0) is 11.4. The predicted molar refractivity (Wildman–Crippen MR) is 63.1 cm³/mol. The number of rotatable bonds is 3. The fourth-order valence-electron chi connectivity index (χ4n) is 2.15. The van der Waals surface area contributed by atoms with Crippen molar-refractivity contribution in [3.63, 3.8) is 0 Å². The van der Waals surface area contributed by atoms with Crippen LogP contribution < -0.4 is 0 Å². The summed E-state index contributed by atoms with van der Waals surface area (Å²) < 4.78 is 5.52. The van der Waals surface area contributed by atoms with Gasteiger partial charge in [0.15, 0.2) is 0 Å². The minimum absolute atomic E-state index is 0.0440. The Labute approximate surface area is 96.6 Å². The summed E-state index contributed by atoms with van der Waals surface area (Å²) >= 11 is 0. The van der Waals surface area contributed by atoms with Gasteiger partial charge in [0.1, 0.15) is 0 Å². The molecule has 0 saturated carbocycles. The van der Waals surface area contributed by atoms with E-state index in [4.69, 9.17) is 4.74 Å². The fraction of sp³-hybridized carbons (Fsp3) is 0.538. The van der Waals surface area contributed by atoms with Gasteiger partial charge in [0.05, 0.1) is 19.3 Å². The molecule has 1 saturated heterocycles. The average molecular weight is 221 g/mol. The van der Waals surface area contributed by atoms with Gasteiger partial charge < -0.3 is 9.84 Å². The van der Waals surface area contributed by atoms with Gasteiger partial charge in [-0.15, -0.1) is 0 Å². The van der Waals surface area contributed by atoms with Crippen molar-refractivity contribution >= 4 is 0 Å². The van der Waals surface area contributed by atoms with E-state index in [0.717, 1.165) is 13.1 Å². The molecule has 1 aromatic carbocycles.